The van der Waals surface area contributed by atoms with E-state index in [1.807, 2.05) is 0 Å². The maximum absolute atomic E-state index is 12.9. The molecule has 4 aliphatic rings. The van der Waals surface area contributed by atoms with Crippen molar-refractivity contribution in [2.24, 2.45) is 29.6 Å². The van der Waals surface area contributed by atoms with E-state index in [2.05, 4.69) is 6.92 Å². The van der Waals surface area contributed by atoms with Crippen LogP contribution in [-0.4, -0.2) is 18.0 Å². The van der Waals surface area contributed by atoms with E-state index in [0.29, 0.717) is 30.1 Å². The van der Waals surface area contributed by atoms with Crippen molar-refractivity contribution < 1.29 is 9.53 Å². The molecule has 0 N–H and O–H groups in total. The molecule has 1 unspecified atom stereocenters. The molecule has 2 nitrogen and oxygen atoms in total. The number of hydrogen-bond acceptors (Lipinski definition) is 2. The third-order valence-corrected chi connectivity index (χ3v) is 8.29. The van der Waals surface area contributed by atoms with E-state index in [4.69, 9.17) is 4.74 Å². The van der Waals surface area contributed by atoms with E-state index >= 15 is 0 Å². The molecule has 0 amide bonds. The van der Waals surface area contributed by atoms with Gasteiger partial charge in [-0.05, 0) is 81.5 Å². The minimum atomic E-state index is 0.0242. The van der Waals surface area contributed by atoms with Crippen molar-refractivity contribution in [3.05, 3.63) is 0 Å². The Hall–Kier alpha value is -0.370. The second kappa shape index (κ2) is 7.09. The average molecular weight is 333 g/mol. The standard InChI is InChI=1S/C22H36O2/c1-2-22(12-11-17-6-4-8-19(22)14-17)24-15-21(23)20-10-9-16-5-3-7-18(20)13-16/h16-20H,2-15H2,1H3/t16-,17-,18-,19-,20?,22-/m1/s1. The Kier molecular flexibility index (Phi) is 5.04. The summed E-state index contributed by atoms with van der Waals surface area (Å²) < 4.78 is 6.51. The van der Waals surface area contributed by atoms with Gasteiger partial charge >= 0.3 is 0 Å². The predicted octanol–water partition coefficient (Wildman–Crippen LogP) is 5.54. The first kappa shape index (κ1) is 17.1. The van der Waals surface area contributed by atoms with Gasteiger partial charge in [0, 0.05) is 5.92 Å². The zero-order valence-corrected chi connectivity index (χ0v) is 15.6. The summed E-state index contributed by atoms with van der Waals surface area (Å²) in [5.74, 6) is 4.02. The van der Waals surface area contributed by atoms with Crippen molar-refractivity contribution >= 4 is 5.78 Å². The summed E-state index contributed by atoms with van der Waals surface area (Å²) in [4.78, 5) is 12.9. The molecule has 2 heteroatoms. The molecule has 0 aromatic rings. The number of hydrogen-bond donors (Lipinski definition) is 0. The SMILES string of the molecule is CC[C@@]1(OCC(=O)C2CC[C@H]3CCC[C@@H]2C3)CC[C@H]2CCC[C@@H]1C2. The van der Waals surface area contributed by atoms with Crippen LogP contribution in [0, 0.1) is 29.6 Å². The van der Waals surface area contributed by atoms with Crippen LogP contribution in [0.1, 0.15) is 90.4 Å². The first-order valence-corrected chi connectivity index (χ1v) is 10.9. The minimum Gasteiger partial charge on any atom is -0.367 e. The number of Topliss-reactive ketones (excluding diaryl/α,β-unsaturated/α-hetero) is 1. The fourth-order valence-corrected chi connectivity index (χ4v) is 6.80. The van der Waals surface area contributed by atoms with Gasteiger partial charge in [-0.3, -0.25) is 4.79 Å². The molecule has 0 aromatic heterocycles. The molecule has 136 valence electrons. The maximum atomic E-state index is 12.9. The summed E-state index contributed by atoms with van der Waals surface area (Å²) in [6.07, 6.45) is 16.9. The Labute approximate surface area is 148 Å². The third-order valence-electron chi connectivity index (χ3n) is 8.29. The van der Waals surface area contributed by atoms with E-state index < -0.39 is 0 Å². The lowest BCUT2D eigenvalue weighted by Crippen LogP contribution is -2.48. The van der Waals surface area contributed by atoms with Gasteiger partial charge in [0.05, 0.1) is 5.60 Å². The summed E-state index contributed by atoms with van der Waals surface area (Å²) in [7, 11) is 0. The molecular formula is C22H36O2. The fraction of sp³-hybridized carbons (Fsp3) is 0.955. The van der Waals surface area contributed by atoms with Gasteiger partial charge in [0.2, 0.25) is 0 Å². The molecule has 0 heterocycles. The number of carbonyl (C=O) groups excluding carboxylic acids is 1. The molecule has 4 bridgehead atoms. The van der Waals surface area contributed by atoms with E-state index in [9.17, 15) is 4.79 Å². The zero-order chi connectivity index (χ0) is 16.6. The smallest absolute Gasteiger partial charge is 0.161 e. The number of rotatable bonds is 5. The molecule has 0 radical (unpaired) electrons. The summed E-state index contributed by atoms with van der Waals surface area (Å²) in [5.41, 5.74) is 0.0242. The topological polar surface area (TPSA) is 26.3 Å². The lowest BCUT2D eigenvalue weighted by atomic mass is 9.63. The van der Waals surface area contributed by atoms with Crippen LogP contribution in [0.5, 0.6) is 0 Å². The Morgan fingerprint density at radius 1 is 0.958 bits per heavy atom. The van der Waals surface area contributed by atoms with Crippen LogP contribution in [0.2, 0.25) is 0 Å². The lowest BCUT2D eigenvalue weighted by molar-refractivity contribution is -0.156. The second-order valence-corrected chi connectivity index (χ2v) is 9.42. The number of fused-ring (bicyclic) bond motifs is 4. The van der Waals surface area contributed by atoms with Gasteiger partial charge in [-0.2, -0.15) is 0 Å². The van der Waals surface area contributed by atoms with Crippen molar-refractivity contribution in [3.63, 3.8) is 0 Å². The number of carbonyl (C=O) groups is 1. The highest BCUT2D eigenvalue weighted by Gasteiger charge is 2.45. The van der Waals surface area contributed by atoms with Crippen molar-refractivity contribution in [2.45, 2.75) is 96.0 Å². The van der Waals surface area contributed by atoms with Gasteiger partial charge in [0.25, 0.3) is 0 Å². The van der Waals surface area contributed by atoms with Gasteiger partial charge in [-0.25, -0.2) is 0 Å². The highest BCUT2D eigenvalue weighted by molar-refractivity contribution is 5.82. The van der Waals surface area contributed by atoms with Gasteiger partial charge in [0.1, 0.15) is 6.61 Å². The average Bonchev–Trinajstić information content (AvgIpc) is 2.62. The molecule has 4 saturated carbocycles. The molecule has 6 atom stereocenters. The highest BCUT2D eigenvalue weighted by Crippen LogP contribution is 2.49. The fourth-order valence-electron chi connectivity index (χ4n) is 6.80. The molecule has 4 rings (SSSR count). The van der Waals surface area contributed by atoms with E-state index in [-0.39, 0.29) is 5.60 Å². The highest BCUT2D eigenvalue weighted by atomic mass is 16.5. The van der Waals surface area contributed by atoms with Crippen LogP contribution in [-0.2, 0) is 9.53 Å². The predicted molar refractivity (Wildman–Crippen MR) is 96.8 cm³/mol. The third kappa shape index (κ3) is 3.20. The second-order valence-electron chi connectivity index (χ2n) is 9.42. The molecule has 0 saturated heterocycles. The quantitative estimate of drug-likeness (QED) is 0.661. The van der Waals surface area contributed by atoms with Crippen molar-refractivity contribution in [2.75, 3.05) is 6.61 Å². The molecular weight excluding hydrogens is 296 g/mol. The molecule has 4 aliphatic carbocycles. The van der Waals surface area contributed by atoms with Crippen LogP contribution >= 0.6 is 0 Å². The van der Waals surface area contributed by atoms with Crippen LogP contribution in [0.4, 0.5) is 0 Å². The van der Waals surface area contributed by atoms with Gasteiger partial charge in [0.15, 0.2) is 5.78 Å². The molecule has 24 heavy (non-hydrogen) atoms. The van der Waals surface area contributed by atoms with Gasteiger partial charge in [-0.15, -0.1) is 0 Å². The Morgan fingerprint density at radius 3 is 2.58 bits per heavy atom. The van der Waals surface area contributed by atoms with E-state index in [1.54, 1.807) is 0 Å². The van der Waals surface area contributed by atoms with E-state index in [0.717, 1.165) is 24.7 Å². The van der Waals surface area contributed by atoms with Crippen molar-refractivity contribution in [1.29, 1.82) is 0 Å². The molecule has 0 spiro atoms. The number of ketones is 1. The van der Waals surface area contributed by atoms with Crippen LogP contribution in [0.25, 0.3) is 0 Å². The van der Waals surface area contributed by atoms with Crippen molar-refractivity contribution in [1.82, 2.24) is 0 Å². The van der Waals surface area contributed by atoms with Crippen molar-refractivity contribution in [3.8, 4) is 0 Å². The summed E-state index contributed by atoms with van der Waals surface area (Å²) >= 11 is 0. The Morgan fingerprint density at radius 2 is 1.75 bits per heavy atom. The Balaban J connectivity index is 1.37. The monoisotopic (exact) mass is 332 g/mol. The van der Waals surface area contributed by atoms with Gasteiger partial charge in [-0.1, -0.05) is 32.6 Å². The van der Waals surface area contributed by atoms with Crippen LogP contribution in [0.3, 0.4) is 0 Å². The first-order chi connectivity index (χ1) is 11.7. The first-order valence-electron chi connectivity index (χ1n) is 10.9. The summed E-state index contributed by atoms with van der Waals surface area (Å²) in [5, 5.41) is 0. The molecule has 0 aromatic carbocycles. The zero-order valence-electron chi connectivity index (χ0n) is 15.6. The van der Waals surface area contributed by atoms with Gasteiger partial charge < -0.3 is 4.74 Å². The number of ether oxygens (including phenoxy) is 1. The molecule has 4 fully saturated rings. The largest absolute Gasteiger partial charge is 0.367 e. The summed E-state index contributed by atoms with van der Waals surface area (Å²) in [6.45, 7) is 2.69. The normalized spacial score (nSPS) is 45.0. The minimum absolute atomic E-state index is 0.0242. The van der Waals surface area contributed by atoms with E-state index in [1.165, 1.54) is 70.6 Å². The summed E-state index contributed by atoms with van der Waals surface area (Å²) in [6, 6.07) is 0. The Bertz CT molecular complexity index is 459. The lowest BCUT2D eigenvalue weighted by Gasteiger charge is -2.49. The van der Waals surface area contributed by atoms with Crippen LogP contribution in [0.15, 0.2) is 0 Å². The molecule has 0 aliphatic heterocycles. The maximum Gasteiger partial charge on any atom is 0.161 e. The van der Waals surface area contributed by atoms with Crippen LogP contribution < -0.4 is 0 Å².